The Morgan fingerprint density at radius 3 is 2.53 bits per heavy atom. The van der Waals surface area contributed by atoms with E-state index in [1.807, 2.05) is 26.0 Å². The Morgan fingerprint density at radius 2 is 1.88 bits per heavy atom. The number of ether oxygens (including phenoxy) is 1. The lowest BCUT2D eigenvalue weighted by Gasteiger charge is -2.38. The average Bonchev–Trinajstić information content (AvgIpc) is 3.66. The number of hydrogen-bond acceptors (Lipinski definition) is 3. The number of carbonyl (C=O) groups excluding carboxylic acids is 2. The lowest BCUT2D eigenvalue weighted by atomic mass is 9.87. The first-order valence-electron chi connectivity index (χ1n) is 12.0. The zero-order valence-electron chi connectivity index (χ0n) is 19.4. The van der Waals surface area contributed by atoms with E-state index in [1.165, 1.54) is 11.1 Å². The van der Waals surface area contributed by atoms with Gasteiger partial charge in [0.15, 0.2) is 6.10 Å². The zero-order chi connectivity index (χ0) is 22.7. The summed E-state index contributed by atoms with van der Waals surface area (Å²) >= 11 is 0. The first kappa shape index (κ1) is 22.4. The second-order valence-corrected chi connectivity index (χ2v) is 9.04. The summed E-state index contributed by atoms with van der Waals surface area (Å²) in [4.78, 5) is 27.7. The van der Waals surface area contributed by atoms with Crippen LogP contribution in [0.4, 0.5) is 0 Å². The van der Waals surface area contributed by atoms with Gasteiger partial charge in [-0.3, -0.25) is 9.59 Å². The molecule has 170 valence electrons. The van der Waals surface area contributed by atoms with Crippen LogP contribution in [-0.4, -0.2) is 35.9 Å². The van der Waals surface area contributed by atoms with E-state index in [1.54, 1.807) is 0 Å². The molecule has 0 aromatic heterocycles. The van der Waals surface area contributed by atoms with E-state index in [9.17, 15) is 9.59 Å². The molecular weight excluding hydrogens is 400 g/mol. The maximum atomic E-state index is 13.2. The summed E-state index contributed by atoms with van der Waals surface area (Å²) in [5.41, 5.74) is 4.67. The summed E-state index contributed by atoms with van der Waals surface area (Å²) in [7, 11) is 0. The second kappa shape index (κ2) is 9.76. The van der Waals surface area contributed by atoms with Gasteiger partial charge in [0.1, 0.15) is 5.75 Å². The summed E-state index contributed by atoms with van der Waals surface area (Å²) < 4.78 is 6.13. The van der Waals surface area contributed by atoms with Gasteiger partial charge in [-0.2, -0.15) is 0 Å². The van der Waals surface area contributed by atoms with Crippen LogP contribution in [0.25, 0.3) is 0 Å². The Labute approximate surface area is 191 Å². The second-order valence-electron chi connectivity index (χ2n) is 9.04. The lowest BCUT2D eigenvalue weighted by molar-refractivity contribution is -0.134. The predicted molar refractivity (Wildman–Crippen MR) is 126 cm³/mol. The van der Waals surface area contributed by atoms with Crippen LogP contribution in [0.5, 0.6) is 5.75 Å². The minimum atomic E-state index is -0.523. The van der Waals surface area contributed by atoms with Crippen molar-refractivity contribution in [2.24, 2.45) is 5.92 Å². The van der Waals surface area contributed by atoms with E-state index >= 15 is 0 Å². The molecule has 2 aromatic carbocycles. The Kier molecular flexibility index (Phi) is 6.83. The minimum Gasteiger partial charge on any atom is -0.481 e. The highest BCUT2D eigenvalue weighted by atomic mass is 16.5. The Bertz CT molecular complexity index is 965. The topological polar surface area (TPSA) is 58.6 Å². The summed E-state index contributed by atoms with van der Waals surface area (Å²) in [6.45, 7) is 7.45. The lowest BCUT2D eigenvalue weighted by Crippen LogP contribution is -2.41. The molecule has 0 bridgehead atoms. The number of fused-ring (bicyclic) bond motifs is 1. The highest BCUT2D eigenvalue weighted by Gasteiger charge is 2.39. The predicted octanol–water partition coefficient (Wildman–Crippen LogP) is 4.56. The van der Waals surface area contributed by atoms with Crippen LogP contribution in [0.1, 0.15) is 67.8 Å². The van der Waals surface area contributed by atoms with Crippen LogP contribution in [0.2, 0.25) is 0 Å². The highest BCUT2D eigenvalue weighted by Crippen LogP contribution is 2.41. The molecule has 5 nitrogen and oxygen atoms in total. The van der Waals surface area contributed by atoms with E-state index in [0.29, 0.717) is 18.7 Å². The van der Waals surface area contributed by atoms with Crippen molar-refractivity contribution in [2.75, 3.05) is 13.1 Å². The van der Waals surface area contributed by atoms with Crippen molar-refractivity contribution in [2.45, 2.75) is 65.0 Å². The summed E-state index contributed by atoms with van der Waals surface area (Å²) in [6, 6.07) is 14.4. The molecule has 2 amide bonds. The largest absolute Gasteiger partial charge is 0.481 e. The Hall–Kier alpha value is -2.82. The van der Waals surface area contributed by atoms with Gasteiger partial charge in [0.25, 0.3) is 5.91 Å². The molecule has 0 saturated heterocycles. The number of carbonyl (C=O) groups is 2. The van der Waals surface area contributed by atoms with Gasteiger partial charge in [0, 0.05) is 19.0 Å². The fraction of sp³-hybridized carbons (Fsp3) is 0.481. The molecule has 0 radical (unpaired) electrons. The van der Waals surface area contributed by atoms with E-state index in [0.717, 1.165) is 43.4 Å². The number of nitrogens with one attached hydrogen (secondary N) is 1. The van der Waals surface area contributed by atoms with Crippen molar-refractivity contribution in [3.63, 3.8) is 0 Å². The molecule has 1 N–H and O–H groups in total. The van der Waals surface area contributed by atoms with Gasteiger partial charge in [-0.25, -0.2) is 0 Å². The van der Waals surface area contributed by atoms with Gasteiger partial charge >= 0.3 is 0 Å². The molecule has 5 heteroatoms. The number of aryl methyl sites for hydroxylation is 1. The molecule has 32 heavy (non-hydrogen) atoms. The third kappa shape index (κ3) is 4.82. The molecule has 2 aliphatic rings. The molecular formula is C27H34N2O3. The molecule has 1 heterocycles. The van der Waals surface area contributed by atoms with Crippen molar-refractivity contribution in [1.82, 2.24) is 10.2 Å². The maximum Gasteiger partial charge on any atom is 0.261 e. The molecule has 1 saturated carbocycles. The smallest absolute Gasteiger partial charge is 0.261 e. The Balaban J connectivity index is 1.66. The minimum absolute atomic E-state index is 0.0762. The highest BCUT2D eigenvalue weighted by molar-refractivity contribution is 5.82. The summed E-state index contributed by atoms with van der Waals surface area (Å²) in [5, 5.41) is 2.93. The van der Waals surface area contributed by atoms with Crippen LogP contribution in [0.15, 0.2) is 42.5 Å². The average molecular weight is 435 g/mol. The molecule has 1 aliphatic heterocycles. The first-order valence-corrected chi connectivity index (χ1v) is 12.0. The number of benzene rings is 2. The van der Waals surface area contributed by atoms with E-state index in [-0.39, 0.29) is 23.8 Å². The number of nitrogens with zero attached hydrogens (tertiary/aromatic N) is 1. The van der Waals surface area contributed by atoms with Crippen LogP contribution in [0.3, 0.4) is 0 Å². The summed E-state index contributed by atoms with van der Waals surface area (Å²) in [6.07, 6.45) is 3.80. The third-order valence-corrected chi connectivity index (χ3v) is 6.44. The number of rotatable bonds is 8. The first-order chi connectivity index (χ1) is 15.5. The van der Waals surface area contributed by atoms with E-state index in [4.69, 9.17) is 4.74 Å². The quantitative estimate of drug-likeness (QED) is 0.662. The normalized spacial score (nSPS) is 18.6. The van der Waals surface area contributed by atoms with Crippen molar-refractivity contribution in [1.29, 1.82) is 0 Å². The monoisotopic (exact) mass is 434 g/mol. The van der Waals surface area contributed by atoms with E-state index in [2.05, 4.69) is 47.5 Å². The van der Waals surface area contributed by atoms with Gasteiger partial charge in [0.2, 0.25) is 5.91 Å². The van der Waals surface area contributed by atoms with Gasteiger partial charge in [0.05, 0.1) is 6.04 Å². The van der Waals surface area contributed by atoms with Gasteiger partial charge in [-0.15, -0.1) is 0 Å². The van der Waals surface area contributed by atoms with Crippen molar-refractivity contribution < 1.29 is 14.3 Å². The maximum absolute atomic E-state index is 13.2. The third-order valence-electron chi connectivity index (χ3n) is 6.44. The van der Waals surface area contributed by atoms with Gasteiger partial charge in [-0.1, -0.05) is 49.7 Å². The Morgan fingerprint density at radius 1 is 1.12 bits per heavy atom. The van der Waals surface area contributed by atoms with Crippen molar-refractivity contribution in [3.8, 4) is 5.75 Å². The summed E-state index contributed by atoms with van der Waals surface area (Å²) in [5.74, 6) is 1.04. The van der Waals surface area contributed by atoms with Crippen LogP contribution in [0, 0.1) is 12.8 Å². The molecule has 2 aromatic rings. The fourth-order valence-electron chi connectivity index (χ4n) is 4.43. The van der Waals surface area contributed by atoms with Crippen LogP contribution < -0.4 is 10.1 Å². The molecule has 0 spiro atoms. The van der Waals surface area contributed by atoms with Gasteiger partial charge < -0.3 is 15.0 Å². The van der Waals surface area contributed by atoms with Crippen molar-refractivity contribution in [3.05, 3.63) is 64.7 Å². The molecule has 1 aliphatic carbocycles. The molecule has 2 atom stereocenters. The number of hydrogen-bond donors (Lipinski definition) is 1. The zero-order valence-corrected chi connectivity index (χ0v) is 19.4. The van der Waals surface area contributed by atoms with Gasteiger partial charge in [-0.05, 0) is 67.9 Å². The molecule has 4 rings (SSSR count). The fourth-order valence-corrected chi connectivity index (χ4v) is 4.43. The standard InChI is InChI=1S/C27H34N2O3/c1-4-15-28-26(30)24(5-2)32-22-13-12-19-14-16-29(27(31)21-10-11-21)25(23(19)17-22)20-8-6-18(3)7-9-20/h6-9,12-13,17,21,24-25H,4-5,10-11,14-16H2,1-3H3,(H,28,30)/t24-,25+/m1/s1. The number of amides is 2. The van der Waals surface area contributed by atoms with E-state index < -0.39 is 6.10 Å². The molecule has 1 fully saturated rings. The van der Waals surface area contributed by atoms with Crippen LogP contribution in [-0.2, 0) is 16.0 Å². The van der Waals surface area contributed by atoms with Crippen LogP contribution >= 0.6 is 0 Å². The van der Waals surface area contributed by atoms with Crippen molar-refractivity contribution >= 4 is 11.8 Å². The SMILES string of the molecule is CCCNC(=O)[C@@H](CC)Oc1ccc2c(c1)[C@H](c1ccc(C)cc1)N(C(=O)C1CC1)CC2. The molecule has 0 unspecified atom stereocenters.